The number of hydrogen-bond acceptors (Lipinski definition) is 1. The van der Waals surface area contributed by atoms with Crippen molar-refractivity contribution in [2.75, 3.05) is 0 Å². The SMILES string of the molecule is CC(=Nc1ccc(Cl)cc1)C1=C=CC=C1. The second-order valence-electron chi connectivity index (χ2n) is 3.26. The Hall–Kier alpha value is -1.56. The molecule has 0 unspecified atom stereocenters. The Morgan fingerprint density at radius 1 is 1.27 bits per heavy atom. The van der Waals surface area contributed by atoms with Crippen molar-refractivity contribution in [2.45, 2.75) is 6.92 Å². The van der Waals surface area contributed by atoms with Gasteiger partial charge in [-0.25, -0.2) is 0 Å². The van der Waals surface area contributed by atoms with E-state index in [1.165, 1.54) is 0 Å². The van der Waals surface area contributed by atoms with Gasteiger partial charge in [0.25, 0.3) is 0 Å². The summed E-state index contributed by atoms with van der Waals surface area (Å²) in [6.07, 6.45) is 5.83. The fourth-order valence-corrected chi connectivity index (χ4v) is 1.45. The summed E-state index contributed by atoms with van der Waals surface area (Å²) in [6.45, 7) is 1.97. The highest BCUT2D eigenvalue weighted by Gasteiger charge is 1.99. The summed E-state index contributed by atoms with van der Waals surface area (Å²) in [7, 11) is 0. The molecule has 15 heavy (non-hydrogen) atoms. The van der Waals surface area contributed by atoms with Crippen LogP contribution >= 0.6 is 11.6 Å². The maximum Gasteiger partial charge on any atom is 0.0634 e. The number of hydrogen-bond donors (Lipinski definition) is 0. The molecular formula is C13H10ClN. The van der Waals surface area contributed by atoms with Gasteiger partial charge in [0.1, 0.15) is 0 Å². The maximum absolute atomic E-state index is 5.79. The van der Waals surface area contributed by atoms with Crippen LogP contribution in [0.2, 0.25) is 5.02 Å². The molecule has 1 aliphatic rings. The van der Waals surface area contributed by atoms with Crippen molar-refractivity contribution in [3.05, 3.63) is 58.8 Å². The predicted octanol–water partition coefficient (Wildman–Crippen LogP) is 4.08. The molecule has 0 heterocycles. The summed E-state index contributed by atoms with van der Waals surface area (Å²) in [4.78, 5) is 4.47. The molecule has 0 amide bonds. The average Bonchev–Trinajstić information content (AvgIpc) is 2.74. The van der Waals surface area contributed by atoms with Crippen molar-refractivity contribution in [1.82, 2.24) is 0 Å². The van der Waals surface area contributed by atoms with Gasteiger partial charge >= 0.3 is 0 Å². The minimum Gasteiger partial charge on any atom is -0.252 e. The van der Waals surface area contributed by atoms with Crippen molar-refractivity contribution >= 4 is 23.0 Å². The lowest BCUT2D eigenvalue weighted by atomic mass is 10.2. The standard InChI is InChI=1S/C13H10ClN/c1-10(11-4-2-3-5-11)15-13-8-6-12(14)7-9-13/h2-4,6-9H,1H3. The van der Waals surface area contributed by atoms with Gasteiger partial charge in [0.05, 0.1) is 11.4 Å². The van der Waals surface area contributed by atoms with Gasteiger partial charge in [-0.2, -0.15) is 0 Å². The molecule has 2 heteroatoms. The first-order valence-electron chi connectivity index (χ1n) is 4.70. The maximum atomic E-state index is 5.79. The Morgan fingerprint density at radius 3 is 2.60 bits per heavy atom. The first-order chi connectivity index (χ1) is 7.25. The largest absolute Gasteiger partial charge is 0.252 e. The third kappa shape index (κ3) is 2.47. The first kappa shape index (κ1) is 9.97. The van der Waals surface area contributed by atoms with E-state index in [-0.39, 0.29) is 0 Å². The molecule has 0 aliphatic heterocycles. The molecule has 0 radical (unpaired) electrons. The molecule has 1 aromatic carbocycles. The molecule has 2 rings (SSSR count). The molecular weight excluding hydrogens is 206 g/mol. The fraction of sp³-hybridized carbons (Fsp3) is 0.0769. The lowest BCUT2D eigenvalue weighted by Crippen LogP contribution is -1.90. The van der Waals surface area contributed by atoms with E-state index < -0.39 is 0 Å². The summed E-state index contributed by atoms with van der Waals surface area (Å²) in [5.74, 6) is 0. The number of halogens is 1. The van der Waals surface area contributed by atoms with E-state index in [0.717, 1.165) is 22.0 Å². The lowest BCUT2D eigenvalue weighted by Gasteiger charge is -1.98. The van der Waals surface area contributed by atoms with Gasteiger partial charge in [0, 0.05) is 10.6 Å². The summed E-state index contributed by atoms with van der Waals surface area (Å²) in [5, 5.41) is 0.728. The van der Waals surface area contributed by atoms with Crippen LogP contribution in [0.4, 0.5) is 5.69 Å². The van der Waals surface area contributed by atoms with Crippen LogP contribution in [0.1, 0.15) is 6.92 Å². The third-order valence-electron chi connectivity index (χ3n) is 2.11. The quantitative estimate of drug-likeness (QED) is 0.521. The van der Waals surface area contributed by atoms with Gasteiger partial charge in [-0.15, -0.1) is 5.73 Å². The van der Waals surface area contributed by atoms with Gasteiger partial charge in [0.15, 0.2) is 0 Å². The van der Waals surface area contributed by atoms with Crippen molar-refractivity contribution in [3.8, 4) is 0 Å². The predicted molar refractivity (Wildman–Crippen MR) is 65.0 cm³/mol. The van der Waals surface area contributed by atoms with Crippen LogP contribution < -0.4 is 0 Å². The van der Waals surface area contributed by atoms with Crippen molar-refractivity contribution < 1.29 is 0 Å². The fourth-order valence-electron chi connectivity index (χ4n) is 1.32. The van der Waals surface area contributed by atoms with Crippen LogP contribution in [-0.4, -0.2) is 5.71 Å². The first-order valence-corrected chi connectivity index (χ1v) is 5.08. The van der Waals surface area contributed by atoms with E-state index in [1.54, 1.807) is 0 Å². The van der Waals surface area contributed by atoms with E-state index in [1.807, 2.05) is 49.4 Å². The zero-order chi connectivity index (χ0) is 10.7. The summed E-state index contributed by atoms with van der Waals surface area (Å²) in [5.41, 5.74) is 6.01. The Balaban J connectivity index is 2.26. The lowest BCUT2D eigenvalue weighted by molar-refractivity contribution is 1.49. The summed E-state index contributed by atoms with van der Waals surface area (Å²) < 4.78 is 0. The number of benzene rings is 1. The molecule has 74 valence electrons. The van der Waals surface area contributed by atoms with E-state index >= 15 is 0 Å². The van der Waals surface area contributed by atoms with Gasteiger partial charge in [-0.3, -0.25) is 4.99 Å². The number of rotatable bonds is 2. The van der Waals surface area contributed by atoms with E-state index in [0.29, 0.717) is 0 Å². The Morgan fingerprint density at radius 2 is 2.00 bits per heavy atom. The van der Waals surface area contributed by atoms with Gasteiger partial charge in [-0.05, 0) is 43.3 Å². The van der Waals surface area contributed by atoms with Crippen LogP contribution in [0.5, 0.6) is 0 Å². The van der Waals surface area contributed by atoms with Gasteiger partial charge in [0.2, 0.25) is 0 Å². The Bertz CT molecular complexity index is 486. The molecule has 1 aromatic rings. The van der Waals surface area contributed by atoms with Crippen molar-refractivity contribution in [3.63, 3.8) is 0 Å². The highest BCUT2D eigenvalue weighted by Crippen LogP contribution is 2.18. The molecule has 0 saturated heterocycles. The van der Waals surface area contributed by atoms with E-state index in [9.17, 15) is 0 Å². The molecule has 1 nitrogen and oxygen atoms in total. The number of aliphatic imine (C=N–C) groups is 1. The zero-order valence-corrected chi connectivity index (χ0v) is 9.12. The molecule has 0 spiro atoms. The molecule has 0 aromatic heterocycles. The topological polar surface area (TPSA) is 12.4 Å². The second-order valence-corrected chi connectivity index (χ2v) is 3.69. The molecule has 0 N–H and O–H groups in total. The molecule has 0 saturated carbocycles. The van der Waals surface area contributed by atoms with Crippen LogP contribution in [0.25, 0.3) is 0 Å². The van der Waals surface area contributed by atoms with Crippen LogP contribution in [-0.2, 0) is 0 Å². The molecule has 0 fully saturated rings. The second kappa shape index (κ2) is 4.31. The minimum absolute atomic E-state index is 0.728. The highest BCUT2D eigenvalue weighted by molar-refractivity contribution is 6.30. The van der Waals surface area contributed by atoms with Crippen LogP contribution in [0.3, 0.4) is 0 Å². The summed E-state index contributed by atoms with van der Waals surface area (Å²) >= 11 is 5.79. The zero-order valence-electron chi connectivity index (χ0n) is 8.37. The average molecular weight is 216 g/mol. The van der Waals surface area contributed by atoms with Crippen molar-refractivity contribution in [2.24, 2.45) is 4.99 Å². The third-order valence-corrected chi connectivity index (χ3v) is 2.36. The smallest absolute Gasteiger partial charge is 0.0634 e. The monoisotopic (exact) mass is 215 g/mol. The molecule has 1 aliphatic carbocycles. The van der Waals surface area contributed by atoms with Gasteiger partial charge in [-0.1, -0.05) is 17.7 Å². The number of nitrogens with zero attached hydrogens (tertiary/aromatic N) is 1. The number of allylic oxidation sites excluding steroid dienone is 3. The van der Waals surface area contributed by atoms with Crippen LogP contribution in [0, 0.1) is 0 Å². The molecule has 0 atom stereocenters. The normalized spacial score (nSPS) is 14.5. The van der Waals surface area contributed by atoms with Gasteiger partial charge < -0.3 is 0 Å². The summed E-state index contributed by atoms with van der Waals surface area (Å²) in [6, 6.07) is 7.47. The van der Waals surface area contributed by atoms with Crippen LogP contribution in [0.15, 0.2) is 58.8 Å². The Kier molecular flexibility index (Phi) is 2.86. The van der Waals surface area contributed by atoms with E-state index in [2.05, 4.69) is 10.7 Å². The van der Waals surface area contributed by atoms with Crippen molar-refractivity contribution in [1.29, 1.82) is 0 Å². The minimum atomic E-state index is 0.728. The molecule has 0 bridgehead atoms. The Labute approximate surface area is 94.1 Å². The highest BCUT2D eigenvalue weighted by atomic mass is 35.5. The van der Waals surface area contributed by atoms with E-state index in [4.69, 9.17) is 11.6 Å².